The van der Waals surface area contributed by atoms with Gasteiger partial charge in [0, 0.05) is 30.6 Å². The number of halogens is 1. The van der Waals surface area contributed by atoms with Crippen LogP contribution >= 0.6 is 0 Å². The van der Waals surface area contributed by atoms with Gasteiger partial charge in [-0.05, 0) is 42.8 Å². The predicted molar refractivity (Wildman–Crippen MR) is 122 cm³/mol. The van der Waals surface area contributed by atoms with Crippen LogP contribution in [0, 0.1) is 19.7 Å². The molecule has 9 nitrogen and oxygen atoms in total. The van der Waals surface area contributed by atoms with Gasteiger partial charge in [-0.3, -0.25) is 4.79 Å². The number of ether oxygens (including phenoxy) is 1. The number of aryl methyl sites for hydroxylation is 2. The van der Waals surface area contributed by atoms with Crippen molar-refractivity contribution in [2.24, 2.45) is 0 Å². The average molecular weight is 458 g/mol. The van der Waals surface area contributed by atoms with Crippen LogP contribution in [0.4, 0.5) is 10.1 Å². The van der Waals surface area contributed by atoms with Crippen molar-refractivity contribution in [2.75, 3.05) is 12.4 Å². The number of fused-ring (bicyclic) bond motifs is 1. The number of methoxy groups -OCH3 is 1. The fraction of sp³-hybridized carbons (Fsp3) is 0.125. The Morgan fingerprint density at radius 3 is 2.74 bits per heavy atom. The van der Waals surface area contributed by atoms with E-state index in [1.165, 1.54) is 22.7 Å². The van der Waals surface area contributed by atoms with Crippen LogP contribution in [0.1, 0.15) is 22.1 Å². The van der Waals surface area contributed by atoms with Crippen molar-refractivity contribution in [1.82, 2.24) is 24.6 Å². The summed E-state index contributed by atoms with van der Waals surface area (Å²) in [5, 5.41) is 7.09. The van der Waals surface area contributed by atoms with Crippen molar-refractivity contribution >= 4 is 17.4 Å². The highest BCUT2D eigenvalue weighted by atomic mass is 19.1. The molecule has 0 aliphatic carbocycles. The quantitative estimate of drug-likeness (QED) is 0.414. The van der Waals surface area contributed by atoms with E-state index >= 15 is 0 Å². The second-order valence-electron chi connectivity index (χ2n) is 7.55. The van der Waals surface area contributed by atoms with Crippen molar-refractivity contribution in [2.45, 2.75) is 13.8 Å². The minimum Gasteiger partial charge on any atom is -0.497 e. The first kappa shape index (κ1) is 21.3. The SMILES string of the molecule is COc1cccc(-c2cnc3nc(-c4cc(NC(=O)c5oc(C)nc5C)ccc4F)nn3c2)c1. The van der Waals surface area contributed by atoms with Crippen molar-refractivity contribution in [3.05, 3.63) is 78.0 Å². The van der Waals surface area contributed by atoms with E-state index in [1.807, 2.05) is 24.3 Å². The van der Waals surface area contributed by atoms with Gasteiger partial charge in [0.15, 0.2) is 11.7 Å². The third-order valence-corrected chi connectivity index (χ3v) is 5.17. The number of nitrogens with one attached hydrogen (secondary N) is 1. The molecule has 2 aromatic carbocycles. The summed E-state index contributed by atoms with van der Waals surface area (Å²) in [5.74, 6) is 0.629. The maximum atomic E-state index is 14.7. The first-order valence-corrected chi connectivity index (χ1v) is 10.3. The minimum atomic E-state index is -0.534. The zero-order valence-corrected chi connectivity index (χ0v) is 18.5. The highest BCUT2D eigenvalue weighted by Crippen LogP contribution is 2.26. The molecule has 1 amide bonds. The number of nitrogens with zero attached hydrogens (tertiary/aromatic N) is 5. The molecule has 0 saturated carbocycles. The Hall–Kier alpha value is -4.60. The first-order chi connectivity index (χ1) is 16.4. The maximum Gasteiger partial charge on any atom is 0.293 e. The molecule has 0 aliphatic heterocycles. The zero-order chi connectivity index (χ0) is 23.8. The van der Waals surface area contributed by atoms with E-state index in [9.17, 15) is 9.18 Å². The van der Waals surface area contributed by atoms with Gasteiger partial charge in [-0.25, -0.2) is 18.9 Å². The first-order valence-electron chi connectivity index (χ1n) is 10.3. The molecular weight excluding hydrogens is 439 g/mol. The molecule has 34 heavy (non-hydrogen) atoms. The number of rotatable bonds is 5. The lowest BCUT2D eigenvalue weighted by atomic mass is 10.1. The van der Waals surface area contributed by atoms with Crippen molar-refractivity contribution in [3.8, 4) is 28.3 Å². The van der Waals surface area contributed by atoms with Gasteiger partial charge >= 0.3 is 0 Å². The average Bonchev–Trinajstić information content (AvgIpc) is 3.41. The Bertz CT molecular complexity index is 1540. The number of carbonyl (C=O) groups excluding carboxylic acids is 1. The lowest BCUT2D eigenvalue weighted by molar-refractivity contribution is 0.0994. The van der Waals surface area contributed by atoms with Gasteiger partial charge in [0.05, 0.1) is 18.4 Å². The molecule has 170 valence electrons. The fourth-order valence-electron chi connectivity index (χ4n) is 3.55. The highest BCUT2D eigenvalue weighted by Gasteiger charge is 2.18. The van der Waals surface area contributed by atoms with Crippen LogP contribution in [0.25, 0.3) is 28.3 Å². The minimum absolute atomic E-state index is 0.100. The molecule has 0 atom stereocenters. The Morgan fingerprint density at radius 1 is 1.12 bits per heavy atom. The normalized spacial score (nSPS) is 11.1. The Labute approximate surface area is 193 Å². The number of benzene rings is 2. The van der Waals surface area contributed by atoms with E-state index < -0.39 is 11.7 Å². The van der Waals surface area contributed by atoms with Gasteiger partial charge in [0.1, 0.15) is 11.6 Å². The summed E-state index contributed by atoms with van der Waals surface area (Å²) in [7, 11) is 1.60. The van der Waals surface area contributed by atoms with Crippen LogP contribution in [-0.2, 0) is 0 Å². The van der Waals surface area contributed by atoms with Gasteiger partial charge in [-0.2, -0.15) is 4.98 Å². The molecule has 0 radical (unpaired) electrons. The van der Waals surface area contributed by atoms with Gasteiger partial charge in [-0.15, -0.1) is 5.10 Å². The number of hydrogen-bond acceptors (Lipinski definition) is 7. The standard InChI is InChI=1S/C24H19FN6O3/c1-13-21(34-14(2)27-13)23(32)28-17-7-8-20(25)19(10-17)22-29-24-26-11-16(12-31(24)30-22)15-5-4-6-18(9-15)33-3/h4-12H,1-3H3,(H,28,32). The number of oxazole rings is 1. The van der Waals surface area contributed by atoms with E-state index in [2.05, 4.69) is 25.4 Å². The van der Waals surface area contributed by atoms with Gasteiger partial charge < -0.3 is 14.5 Å². The largest absolute Gasteiger partial charge is 0.497 e. The monoisotopic (exact) mass is 458 g/mol. The predicted octanol–water partition coefficient (Wildman–Crippen LogP) is 4.46. The third-order valence-electron chi connectivity index (χ3n) is 5.17. The summed E-state index contributed by atoms with van der Waals surface area (Å²) in [5.41, 5.74) is 2.63. The van der Waals surface area contributed by atoms with E-state index in [1.54, 1.807) is 33.4 Å². The van der Waals surface area contributed by atoms with Crippen LogP contribution in [0.3, 0.4) is 0 Å². The number of amides is 1. The number of hydrogen-bond donors (Lipinski definition) is 1. The Balaban J connectivity index is 1.47. The van der Waals surface area contributed by atoms with Crippen molar-refractivity contribution in [3.63, 3.8) is 0 Å². The summed E-state index contributed by atoms with van der Waals surface area (Å²) in [4.78, 5) is 25.3. The zero-order valence-electron chi connectivity index (χ0n) is 18.5. The number of anilines is 1. The van der Waals surface area contributed by atoms with Crippen molar-refractivity contribution in [1.29, 1.82) is 0 Å². The van der Waals surface area contributed by atoms with Gasteiger partial charge in [-0.1, -0.05) is 12.1 Å². The fourth-order valence-corrected chi connectivity index (χ4v) is 3.55. The third kappa shape index (κ3) is 3.96. The summed E-state index contributed by atoms with van der Waals surface area (Å²) in [6.07, 6.45) is 3.42. The van der Waals surface area contributed by atoms with Crippen LogP contribution in [0.5, 0.6) is 5.75 Å². The molecule has 0 saturated heterocycles. The Morgan fingerprint density at radius 2 is 1.97 bits per heavy atom. The van der Waals surface area contributed by atoms with Crippen LogP contribution in [0.2, 0.25) is 0 Å². The number of aromatic nitrogens is 5. The van der Waals surface area contributed by atoms with E-state index in [4.69, 9.17) is 9.15 Å². The molecule has 10 heteroatoms. The summed E-state index contributed by atoms with van der Waals surface area (Å²) >= 11 is 0. The van der Waals surface area contributed by atoms with Gasteiger partial charge in [0.25, 0.3) is 11.7 Å². The van der Waals surface area contributed by atoms with Gasteiger partial charge in [0.2, 0.25) is 5.76 Å². The second kappa shape index (κ2) is 8.39. The van der Waals surface area contributed by atoms with Crippen LogP contribution < -0.4 is 10.1 Å². The molecule has 0 spiro atoms. The van der Waals surface area contributed by atoms with Crippen LogP contribution in [-0.4, -0.2) is 37.6 Å². The molecule has 3 aromatic heterocycles. The molecule has 0 bridgehead atoms. The molecule has 0 aliphatic rings. The number of carbonyl (C=O) groups is 1. The molecule has 1 N–H and O–H groups in total. The van der Waals surface area contributed by atoms with E-state index in [-0.39, 0.29) is 17.1 Å². The molecule has 5 rings (SSSR count). The highest BCUT2D eigenvalue weighted by molar-refractivity contribution is 6.03. The maximum absolute atomic E-state index is 14.7. The lowest BCUT2D eigenvalue weighted by Gasteiger charge is -2.06. The Kier molecular flexibility index (Phi) is 5.25. The smallest absolute Gasteiger partial charge is 0.293 e. The van der Waals surface area contributed by atoms with E-state index in [0.717, 1.165) is 11.1 Å². The van der Waals surface area contributed by atoms with Crippen molar-refractivity contribution < 1.29 is 18.3 Å². The molecule has 5 aromatic rings. The molecule has 0 unspecified atom stereocenters. The molecule has 0 fully saturated rings. The second-order valence-corrected chi connectivity index (χ2v) is 7.55. The van der Waals surface area contributed by atoms with Crippen LogP contribution in [0.15, 0.2) is 59.3 Å². The summed E-state index contributed by atoms with van der Waals surface area (Å²) < 4.78 is 26.8. The molecule has 3 heterocycles. The summed E-state index contributed by atoms with van der Waals surface area (Å²) in [6.45, 7) is 3.33. The lowest BCUT2D eigenvalue weighted by Crippen LogP contribution is -2.12. The van der Waals surface area contributed by atoms with E-state index in [0.29, 0.717) is 28.8 Å². The molecular formula is C24H19FN6O3. The topological polar surface area (TPSA) is 107 Å². The summed E-state index contributed by atoms with van der Waals surface area (Å²) in [6, 6.07) is 11.7.